The van der Waals surface area contributed by atoms with Gasteiger partial charge in [0, 0.05) is 17.7 Å². The van der Waals surface area contributed by atoms with Gasteiger partial charge in [-0.3, -0.25) is 4.79 Å². The summed E-state index contributed by atoms with van der Waals surface area (Å²) >= 11 is 0. The third-order valence-corrected chi connectivity index (χ3v) is 4.02. The van der Waals surface area contributed by atoms with Crippen LogP contribution in [-0.4, -0.2) is 39.3 Å². The molecule has 0 saturated heterocycles. The number of carbonyl (C=O) groups is 1. The largest absolute Gasteiger partial charge is 0.497 e. The van der Waals surface area contributed by atoms with Crippen molar-refractivity contribution in [3.63, 3.8) is 0 Å². The van der Waals surface area contributed by atoms with E-state index in [1.165, 1.54) is 0 Å². The van der Waals surface area contributed by atoms with E-state index in [1.807, 2.05) is 32.2 Å². The molecule has 1 amide bonds. The maximum Gasteiger partial charge on any atom is 0.278 e. The Hall–Kier alpha value is -1.75. The van der Waals surface area contributed by atoms with Crippen LogP contribution in [0.1, 0.15) is 25.3 Å². The first kappa shape index (κ1) is 15.6. The van der Waals surface area contributed by atoms with Gasteiger partial charge in [-0.15, -0.1) is 0 Å². The van der Waals surface area contributed by atoms with E-state index in [1.54, 1.807) is 14.2 Å². The molecule has 2 rings (SSSR count). The summed E-state index contributed by atoms with van der Waals surface area (Å²) < 4.78 is 10.6. The lowest BCUT2D eigenvalue weighted by molar-refractivity contribution is -0.908. The molecule has 0 heterocycles. The number of benzene rings is 1. The molecule has 1 aliphatic rings. The maximum absolute atomic E-state index is 12.1. The van der Waals surface area contributed by atoms with E-state index in [2.05, 4.69) is 5.32 Å². The molecule has 0 spiro atoms. The summed E-state index contributed by atoms with van der Waals surface area (Å²) in [6, 6.07) is 6.10. The van der Waals surface area contributed by atoms with Gasteiger partial charge in [-0.25, -0.2) is 0 Å². The highest BCUT2D eigenvalue weighted by atomic mass is 16.5. The standard InChI is InChI=1S/C16H24N2O3/c1-11(16(19)17-13-6-7-13)18(2)10-12-5-8-14(20-3)9-15(12)21-4/h5,8-9,11,13H,6-7,10H2,1-4H3,(H,17,19)/p+1/t11-/m1/s1. The van der Waals surface area contributed by atoms with Gasteiger partial charge < -0.3 is 19.7 Å². The Morgan fingerprint density at radius 3 is 2.67 bits per heavy atom. The highest BCUT2D eigenvalue weighted by Crippen LogP contribution is 2.24. The molecule has 0 aromatic heterocycles. The van der Waals surface area contributed by atoms with E-state index in [0.717, 1.165) is 41.3 Å². The molecule has 2 atom stereocenters. The summed E-state index contributed by atoms with van der Waals surface area (Å²) in [6.45, 7) is 2.69. The molecule has 1 unspecified atom stereocenters. The summed E-state index contributed by atoms with van der Waals surface area (Å²) in [5.41, 5.74) is 1.07. The van der Waals surface area contributed by atoms with Gasteiger partial charge in [0.05, 0.1) is 21.3 Å². The lowest BCUT2D eigenvalue weighted by atomic mass is 10.1. The van der Waals surface area contributed by atoms with E-state index in [9.17, 15) is 4.79 Å². The van der Waals surface area contributed by atoms with Gasteiger partial charge in [0.2, 0.25) is 0 Å². The van der Waals surface area contributed by atoms with Crippen molar-refractivity contribution in [2.24, 2.45) is 0 Å². The average molecular weight is 293 g/mol. The van der Waals surface area contributed by atoms with Gasteiger partial charge in [0.1, 0.15) is 18.0 Å². The second kappa shape index (κ2) is 6.80. The van der Waals surface area contributed by atoms with E-state index < -0.39 is 0 Å². The zero-order valence-electron chi connectivity index (χ0n) is 13.2. The fourth-order valence-corrected chi connectivity index (χ4v) is 2.23. The fraction of sp³-hybridized carbons (Fsp3) is 0.562. The molecule has 0 aliphatic heterocycles. The van der Waals surface area contributed by atoms with Crippen LogP contribution < -0.4 is 19.7 Å². The Labute approximate surface area is 126 Å². The van der Waals surface area contributed by atoms with Crippen LogP contribution in [0.4, 0.5) is 0 Å². The van der Waals surface area contributed by atoms with Gasteiger partial charge in [-0.05, 0) is 31.9 Å². The Balaban J connectivity index is 2.00. The monoisotopic (exact) mass is 293 g/mol. The van der Waals surface area contributed by atoms with E-state index >= 15 is 0 Å². The Morgan fingerprint density at radius 1 is 1.38 bits per heavy atom. The lowest BCUT2D eigenvalue weighted by Crippen LogP contribution is -3.12. The number of methoxy groups -OCH3 is 2. The van der Waals surface area contributed by atoms with Crippen molar-refractivity contribution in [2.75, 3.05) is 21.3 Å². The predicted octanol–water partition coefficient (Wildman–Crippen LogP) is 0.386. The molecule has 0 radical (unpaired) electrons. The Kier molecular flexibility index (Phi) is 5.07. The molecule has 1 aromatic carbocycles. The number of nitrogens with one attached hydrogen (secondary N) is 2. The number of likely N-dealkylation sites (N-methyl/N-ethyl adjacent to an activating group) is 1. The number of hydrogen-bond donors (Lipinski definition) is 2. The Bertz CT molecular complexity index is 500. The molecule has 0 bridgehead atoms. The summed E-state index contributed by atoms with van der Waals surface area (Å²) in [4.78, 5) is 13.2. The molecular formula is C16H25N2O3+. The van der Waals surface area contributed by atoms with E-state index in [-0.39, 0.29) is 11.9 Å². The maximum atomic E-state index is 12.1. The number of amides is 1. The third-order valence-electron chi connectivity index (χ3n) is 4.02. The molecule has 116 valence electrons. The first-order valence-electron chi connectivity index (χ1n) is 7.38. The van der Waals surface area contributed by atoms with Gasteiger partial charge in [0.25, 0.3) is 5.91 Å². The van der Waals surface area contributed by atoms with Crippen LogP contribution in [0.5, 0.6) is 11.5 Å². The minimum Gasteiger partial charge on any atom is -0.497 e. The van der Waals surface area contributed by atoms with E-state index in [0.29, 0.717) is 6.04 Å². The van der Waals surface area contributed by atoms with Crippen LogP contribution in [0.3, 0.4) is 0 Å². The van der Waals surface area contributed by atoms with Crippen molar-refractivity contribution < 1.29 is 19.2 Å². The Morgan fingerprint density at radius 2 is 2.10 bits per heavy atom. The molecule has 5 heteroatoms. The lowest BCUT2D eigenvalue weighted by Gasteiger charge is -2.22. The second-order valence-corrected chi connectivity index (χ2v) is 5.71. The number of hydrogen-bond acceptors (Lipinski definition) is 3. The topological polar surface area (TPSA) is 52.0 Å². The SMILES string of the molecule is COc1ccc(C[NH+](C)[C@H](C)C(=O)NC2CC2)c(OC)c1. The summed E-state index contributed by atoms with van der Waals surface area (Å²) in [6.07, 6.45) is 2.23. The molecule has 1 aromatic rings. The number of ether oxygens (including phenoxy) is 2. The zero-order chi connectivity index (χ0) is 15.4. The summed E-state index contributed by atoms with van der Waals surface area (Å²) in [5.74, 6) is 1.69. The predicted molar refractivity (Wildman–Crippen MR) is 80.8 cm³/mol. The molecule has 1 saturated carbocycles. The van der Waals surface area contributed by atoms with Crippen molar-refractivity contribution in [1.82, 2.24) is 5.32 Å². The molecule has 2 N–H and O–H groups in total. The fourth-order valence-electron chi connectivity index (χ4n) is 2.23. The van der Waals surface area contributed by atoms with Crippen LogP contribution in [0.2, 0.25) is 0 Å². The molecular weight excluding hydrogens is 268 g/mol. The van der Waals surface area contributed by atoms with E-state index in [4.69, 9.17) is 9.47 Å². The smallest absolute Gasteiger partial charge is 0.278 e. The number of quaternary nitrogens is 1. The van der Waals surface area contributed by atoms with Crippen molar-refractivity contribution in [3.8, 4) is 11.5 Å². The third kappa shape index (κ3) is 4.11. The highest BCUT2D eigenvalue weighted by Gasteiger charge is 2.29. The molecule has 1 aliphatic carbocycles. The highest BCUT2D eigenvalue weighted by molar-refractivity contribution is 5.80. The van der Waals surface area contributed by atoms with Gasteiger partial charge in [0.15, 0.2) is 6.04 Å². The van der Waals surface area contributed by atoms with Crippen molar-refractivity contribution >= 4 is 5.91 Å². The minimum absolute atomic E-state index is 0.0857. The van der Waals surface area contributed by atoms with Crippen LogP contribution in [-0.2, 0) is 11.3 Å². The quantitative estimate of drug-likeness (QED) is 0.764. The van der Waals surface area contributed by atoms with Gasteiger partial charge >= 0.3 is 0 Å². The van der Waals surface area contributed by atoms with Crippen LogP contribution >= 0.6 is 0 Å². The molecule has 21 heavy (non-hydrogen) atoms. The number of rotatable bonds is 7. The minimum atomic E-state index is -0.0857. The van der Waals surface area contributed by atoms with Gasteiger partial charge in [-0.2, -0.15) is 0 Å². The normalized spacial score (nSPS) is 17.0. The van der Waals surface area contributed by atoms with Gasteiger partial charge in [-0.1, -0.05) is 0 Å². The summed E-state index contributed by atoms with van der Waals surface area (Å²) in [5, 5.41) is 3.06. The van der Waals surface area contributed by atoms with Crippen LogP contribution in [0.25, 0.3) is 0 Å². The van der Waals surface area contributed by atoms with Crippen LogP contribution in [0, 0.1) is 0 Å². The number of carbonyl (C=O) groups excluding carboxylic acids is 1. The second-order valence-electron chi connectivity index (χ2n) is 5.71. The zero-order valence-corrected chi connectivity index (χ0v) is 13.2. The van der Waals surface area contributed by atoms with Crippen molar-refractivity contribution in [3.05, 3.63) is 23.8 Å². The molecule has 5 nitrogen and oxygen atoms in total. The average Bonchev–Trinajstić information content (AvgIpc) is 3.30. The summed E-state index contributed by atoms with van der Waals surface area (Å²) in [7, 11) is 5.31. The van der Waals surface area contributed by atoms with Crippen molar-refractivity contribution in [1.29, 1.82) is 0 Å². The van der Waals surface area contributed by atoms with Crippen molar-refractivity contribution in [2.45, 2.75) is 38.4 Å². The molecule has 1 fully saturated rings. The van der Waals surface area contributed by atoms with Crippen LogP contribution in [0.15, 0.2) is 18.2 Å². The first-order valence-corrected chi connectivity index (χ1v) is 7.38. The first-order chi connectivity index (χ1) is 10.0.